The molecule has 9 heavy (non-hydrogen) atoms. The van der Waals surface area contributed by atoms with Crippen LogP contribution in [-0.2, 0) is 0 Å². The van der Waals surface area contributed by atoms with Gasteiger partial charge < -0.3 is 5.73 Å². The Morgan fingerprint density at radius 3 is 2.22 bits per heavy atom. The number of hydrogen-bond acceptors (Lipinski definition) is 1. The Hall–Kier alpha value is 0.250. The fourth-order valence-corrected chi connectivity index (χ4v) is 2.17. The smallest absolute Gasteiger partial charge is 0.0413 e. The maximum Gasteiger partial charge on any atom is 0.0413 e. The SMILES string of the molecule is CC(C)[C@@H]1[C@@H](Cl)[C@@H]1CN. The zero-order valence-corrected chi connectivity index (χ0v) is 6.73. The summed E-state index contributed by atoms with van der Waals surface area (Å²) in [4.78, 5) is 0. The van der Waals surface area contributed by atoms with E-state index in [2.05, 4.69) is 13.8 Å². The summed E-state index contributed by atoms with van der Waals surface area (Å²) < 4.78 is 0. The van der Waals surface area contributed by atoms with Crippen LogP contribution in [0.1, 0.15) is 13.8 Å². The van der Waals surface area contributed by atoms with Crippen LogP contribution in [0.15, 0.2) is 0 Å². The van der Waals surface area contributed by atoms with Gasteiger partial charge in [0.2, 0.25) is 0 Å². The van der Waals surface area contributed by atoms with Gasteiger partial charge in [-0.3, -0.25) is 0 Å². The average molecular weight is 148 g/mol. The molecule has 0 saturated heterocycles. The molecule has 0 aromatic carbocycles. The second kappa shape index (κ2) is 2.47. The molecule has 1 fully saturated rings. The van der Waals surface area contributed by atoms with Crippen molar-refractivity contribution in [2.24, 2.45) is 23.5 Å². The third-order valence-electron chi connectivity index (χ3n) is 2.17. The summed E-state index contributed by atoms with van der Waals surface area (Å²) in [6, 6.07) is 0. The molecule has 0 aliphatic heterocycles. The Balaban J connectivity index is 2.33. The van der Waals surface area contributed by atoms with Crippen molar-refractivity contribution in [3.05, 3.63) is 0 Å². The second-order valence-corrected chi connectivity index (χ2v) is 3.67. The lowest BCUT2D eigenvalue weighted by molar-refractivity contribution is 0.521. The quantitative estimate of drug-likeness (QED) is 0.588. The van der Waals surface area contributed by atoms with Crippen LogP contribution >= 0.6 is 11.6 Å². The summed E-state index contributed by atoms with van der Waals surface area (Å²) in [6.45, 7) is 5.17. The predicted octanol–water partition coefficient (Wildman–Crippen LogP) is 1.45. The van der Waals surface area contributed by atoms with E-state index in [-0.39, 0.29) is 0 Å². The van der Waals surface area contributed by atoms with Gasteiger partial charge in [0, 0.05) is 5.38 Å². The van der Waals surface area contributed by atoms with Gasteiger partial charge in [0.25, 0.3) is 0 Å². The van der Waals surface area contributed by atoms with E-state index >= 15 is 0 Å². The van der Waals surface area contributed by atoms with E-state index in [4.69, 9.17) is 17.3 Å². The molecule has 2 heteroatoms. The largest absolute Gasteiger partial charge is 0.330 e. The van der Waals surface area contributed by atoms with Crippen LogP contribution in [0.25, 0.3) is 0 Å². The lowest BCUT2D eigenvalue weighted by Crippen LogP contribution is -2.04. The van der Waals surface area contributed by atoms with Gasteiger partial charge in [-0.1, -0.05) is 13.8 Å². The maximum atomic E-state index is 5.93. The van der Waals surface area contributed by atoms with Crippen molar-refractivity contribution in [1.82, 2.24) is 0 Å². The molecule has 1 nitrogen and oxygen atoms in total. The van der Waals surface area contributed by atoms with E-state index in [9.17, 15) is 0 Å². The fraction of sp³-hybridized carbons (Fsp3) is 1.00. The first-order valence-corrected chi connectivity index (χ1v) is 3.96. The van der Waals surface area contributed by atoms with E-state index < -0.39 is 0 Å². The second-order valence-electron chi connectivity index (χ2n) is 3.17. The Labute approximate surface area is 61.6 Å². The molecule has 2 N–H and O–H groups in total. The number of halogens is 1. The lowest BCUT2D eigenvalue weighted by Gasteiger charge is -1.98. The summed E-state index contributed by atoms with van der Waals surface area (Å²) in [6.07, 6.45) is 0. The van der Waals surface area contributed by atoms with Gasteiger partial charge in [-0.2, -0.15) is 0 Å². The topological polar surface area (TPSA) is 26.0 Å². The molecular formula is C7H14ClN. The number of alkyl halides is 1. The van der Waals surface area contributed by atoms with Crippen LogP contribution in [0.4, 0.5) is 0 Å². The monoisotopic (exact) mass is 147 g/mol. The molecule has 1 rings (SSSR count). The van der Waals surface area contributed by atoms with E-state index in [0.29, 0.717) is 23.1 Å². The molecular weight excluding hydrogens is 134 g/mol. The Morgan fingerprint density at radius 1 is 1.56 bits per heavy atom. The fourth-order valence-electron chi connectivity index (χ4n) is 1.51. The first-order valence-electron chi connectivity index (χ1n) is 3.52. The molecule has 0 bridgehead atoms. The minimum Gasteiger partial charge on any atom is -0.330 e. The van der Waals surface area contributed by atoms with Crippen LogP contribution in [0.3, 0.4) is 0 Å². The highest BCUT2D eigenvalue weighted by atomic mass is 35.5. The molecule has 0 spiro atoms. The van der Waals surface area contributed by atoms with E-state index in [0.717, 1.165) is 6.54 Å². The third-order valence-corrected chi connectivity index (χ3v) is 2.79. The van der Waals surface area contributed by atoms with Gasteiger partial charge >= 0.3 is 0 Å². The molecule has 1 aliphatic rings. The summed E-state index contributed by atoms with van der Waals surface area (Å²) in [5.41, 5.74) is 5.47. The number of rotatable bonds is 2. The minimum absolute atomic E-state index is 0.370. The zero-order chi connectivity index (χ0) is 7.02. The average Bonchev–Trinajstić information content (AvgIpc) is 2.40. The van der Waals surface area contributed by atoms with Crippen LogP contribution in [0, 0.1) is 17.8 Å². The van der Waals surface area contributed by atoms with Gasteiger partial charge in [-0.25, -0.2) is 0 Å². The van der Waals surface area contributed by atoms with Crippen molar-refractivity contribution in [3.8, 4) is 0 Å². The van der Waals surface area contributed by atoms with Gasteiger partial charge in [0.05, 0.1) is 0 Å². The summed E-state index contributed by atoms with van der Waals surface area (Å²) in [7, 11) is 0. The molecule has 0 heterocycles. The molecule has 54 valence electrons. The summed E-state index contributed by atoms with van der Waals surface area (Å²) in [5, 5.41) is 0.370. The van der Waals surface area contributed by atoms with Crippen LogP contribution in [-0.4, -0.2) is 11.9 Å². The first-order chi connectivity index (χ1) is 4.18. The molecule has 3 atom stereocenters. The molecule has 0 unspecified atom stereocenters. The molecule has 0 aromatic rings. The highest BCUT2D eigenvalue weighted by molar-refractivity contribution is 6.23. The Bertz CT molecular complexity index is 103. The Morgan fingerprint density at radius 2 is 2.11 bits per heavy atom. The molecule has 0 radical (unpaired) electrons. The standard InChI is InChI=1S/C7H14ClN/c1-4(2)6-5(3-9)7(6)8/h4-7H,3,9H2,1-2H3/t5-,6+,7+/m1/s1. The maximum absolute atomic E-state index is 5.93. The van der Waals surface area contributed by atoms with Gasteiger partial charge in [-0.05, 0) is 24.3 Å². The van der Waals surface area contributed by atoms with Gasteiger partial charge in [-0.15, -0.1) is 11.6 Å². The molecule has 0 aromatic heterocycles. The zero-order valence-electron chi connectivity index (χ0n) is 5.97. The lowest BCUT2D eigenvalue weighted by atomic mass is 10.1. The van der Waals surface area contributed by atoms with Crippen molar-refractivity contribution in [2.75, 3.05) is 6.54 Å². The summed E-state index contributed by atoms with van der Waals surface area (Å²) in [5.74, 6) is 2.00. The van der Waals surface area contributed by atoms with Crippen molar-refractivity contribution >= 4 is 11.6 Å². The Kier molecular flexibility index (Phi) is 2.02. The van der Waals surface area contributed by atoms with E-state index in [1.165, 1.54) is 0 Å². The van der Waals surface area contributed by atoms with Crippen LogP contribution in [0.2, 0.25) is 0 Å². The van der Waals surface area contributed by atoms with Crippen LogP contribution in [0.5, 0.6) is 0 Å². The van der Waals surface area contributed by atoms with Crippen molar-refractivity contribution in [3.63, 3.8) is 0 Å². The van der Waals surface area contributed by atoms with E-state index in [1.807, 2.05) is 0 Å². The summed E-state index contributed by atoms with van der Waals surface area (Å²) >= 11 is 5.93. The van der Waals surface area contributed by atoms with Crippen LogP contribution < -0.4 is 5.73 Å². The van der Waals surface area contributed by atoms with Crippen molar-refractivity contribution < 1.29 is 0 Å². The molecule has 1 aliphatic carbocycles. The van der Waals surface area contributed by atoms with Gasteiger partial charge in [0.1, 0.15) is 0 Å². The highest BCUT2D eigenvalue weighted by Gasteiger charge is 2.49. The van der Waals surface area contributed by atoms with Crippen molar-refractivity contribution in [1.29, 1.82) is 0 Å². The minimum atomic E-state index is 0.370. The molecule has 0 amide bonds. The highest BCUT2D eigenvalue weighted by Crippen LogP contribution is 2.47. The van der Waals surface area contributed by atoms with Gasteiger partial charge in [0.15, 0.2) is 0 Å². The normalized spacial score (nSPS) is 41.7. The number of hydrogen-bond donors (Lipinski definition) is 1. The molecule has 1 saturated carbocycles. The predicted molar refractivity (Wildman–Crippen MR) is 40.5 cm³/mol. The van der Waals surface area contributed by atoms with E-state index in [1.54, 1.807) is 0 Å². The number of nitrogens with two attached hydrogens (primary N) is 1. The first kappa shape index (κ1) is 7.36. The third kappa shape index (κ3) is 1.22. The van der Waals surface area contributed by atoms with Crippen molar-refractivity contribution in [2.45, 2.75) is 19.2 Å².